The molecule has 0 aliphatic heterocycles. The molecule has 0 saturated carbocycles. The molecule has 0 aliphatic rings. The second-order valence-electron chi connectivity index (χ2n) is 7.87. The number of rotatable bonds is 4. The van der Waals surface area contributed by atoms with Crippen molar-refractivity contribution < 1.29 is 0 Å². The Kier molecular flexibility index (Phi) is 4.82. The van der Waals surface area contributed by atoms with E-state index in [1.807, 2.05) is 19.1 Å². The summed E-state index contributed by atoms with van der Waals surface area (Å²) in [6, 6.07) is 33.7. The molecule has 0 fully saturated rings. The van der Waals surface area contributed by atoms with Crippen LogP contribution in [0.15, 0.2) is 103 Å². The van der Waals surface area contributed by atoms with Crippen molar-refractivity contribution in [1.82, 2.24) is 19.7 Å². The number of aromatic nitrogens is 4. The van der Waals surface area contributed by atoms with Crippen LogP contribution in [0.4, 0.5) is 0 Å². The Morgan fingerprint density at radius 1 is 0.697 bits per heavy atom. The highest BCUT2D eigenvalue weighted by atomic mass is 32.1. The van der Waals surface area contributed by atoms with Gasteiger partial charge < -0.3 is 0 Å². The quantitative estimate of drug-likeness (QED) is 0.289. The van der Waals surface area contributed by atoms with Gasteiger partial charge in [0.05, 0.1) is 20.9 Å². The van der Waals surface area contributed by atoms with E-state index in [-0.39, 0.29) is 0 Å². The van der Waals surface area contributed by atoms with Gasteiger partial charge in [0, 0.05) is 16.7 Å². The van der Waals surface area contributed by atoms with Gasteiger partial charge in [0.25, 0.3) is 0 Å². The van der Waals surface area contributed by atoms with Crippen molar-refractivity contribution in [3.8, 4) is 39.3 Å². The molecule has 0 N–H and O–H groups in total. The van der Waals surface area contributed by atoms with Gasteiger partial charge in [-0.05, 0) is 36.2 Å². The van der Waals surface area contributed by atoms with E-state index < -0.39 is 0 Å². The first kappa shape index (κ1) is 19.6. The fourth-order valence-electron chi connectivity index (χ4n) is 4.28. The lowest BCUT2D eigenvalue weighted by molar-refractivity contribution is 1.07. The van der Waals surface area contributed by atoms with Gasteiger partial charge in [0.1, 0.15) is 6.33 Å². The molecule has 6 rings (SSSR count). The molecule has 4 nitrogen and oxygen atoms in total. The molecule has 33 heavy (non-hydrogen) atoms. The van der Waals surface area contributed by atoms with Gasteiger partial charge in [-0.15, -0.1) is 21.5 Å². The first-order chi connectivity index (χ1) is 16.3. The van der Waals surface area contributed by atoms with Gasteiger partial charge in [-0.3, -0.25) is 4.57 Å². The van der Waals surface area contributed by atoms with Gasteiger partial charge in [-0.25, -0.2) is 4.98 Å². The molecule has 5 heteroatoms. The largest absolute Gasteiger partial charge is 0.280 e. The predicted octanol–water partition coefficient (Wildman–Crippen LogP) is 7.19. The Hall–Kier alpha value is -4.09. The monoisotopic (exact) mass is 444 g/mol. The summed E-state index contributed by atoms with van der Waals surface area (Å²) >= 11 is 1.70. The zero-order valence-corrected chi connectivity index (χ0v) is 18.8. The number of benzene rings is 4. The zero-order valence-electron chi connectivity index (χ0n) is 18.0. The number of hydrogen-bond donors (Lipinski definition) is 0. The highest BCUT2D eigenvalue weighted by molar-refractivity contribution is 7.18. The van der Waals surface area contributed by atoms with E-state index in [1.54, 1.807) is 17.7 Å². The minimum absolute atomic E-state index is 0.795. The van der Waals surface area contributed by atoms with Crippen molar-refractivity contribution in [2.75, 3.05) is 0 Å². The Bertz CT molecular complexity index is 1510. The standard InChI is InChI=1S/C28H20N4S/c1-19-30-25-17-22(15-16-26(25)33-19)28-31-29-18-32(28)27-23(20-9-4-2-5-10-20)13-8-14-24(27)21-11-6-3-7-12-21/h2-18H,1H3. The molecule has 0 aliphatic carbocycles. The highest BCUT2D eigenvalue weighted by Gasteiger charge is 2.18. The van der Waals surface area contributed by atoms with Crippen LogP contribution in [0.3, 0.4) is 0 Å². The molecular weight excluding hydrogens is 424 g/mol. The average molecular weight is 445 g/mol. The van der Waals surface area contributed by atoms with Crippen molar-refractivity contribution in [2.45, 2.75) is 6.92 Å². The normalized spacial score (nSPS) is 11.2. The van der Waals surface area contributed by atoms with Crippen LogP contribution < -0.4 is 0 Å². The Morgan fingerprint density at radius 3 is 2.03 bits per heavy atom. The lowest BCUT2D eigenvalue weighted by atomic mass is 9.95. The summed E-state index contributed by atoms with van der Waals surface area (Å²) in [4.78, 5) is 4.68. The summed E-state index contributed by atoms with van der Waals surface area (Å²) in [6.07, 6.45) is 1.81. The van der Waals surface area contributed by atoms with Gasteiger partial charge in [-0.1, -0.05) is 78.9 Å². The lowest BCUT2D eigenvalue weighted by Gasteiger charge is -2.18. The first-order valence-electron chi connectivity index (χ1n) is 10.8. The third-order valence-corrected chi connectivity index (χ3v) is 6.70. The zero-order chi connectivity index (χ0) is 22.2. The average Bonchev–Trinajstić information content (AvgIpc) is 3.50. The summed E-state index contributed by atoms with van der Waals surface area (Å²) in [5.74, 6) is 0.795. The van der Waals surface area contributed by atoms with Gasteiger partial charge in [0.2, 0.25) is 0 Å². The lowest BCUT2D eigenvalue weighted by Crippen LogP contribution is -2.02. The van der Waals surface area contributed by atoms with E-state index in [4.69, 9.17) is 0 Å². The highest BCUT2D eigenvalue weighted by Crippen LogP contribution is 2.37. The molecule has 0 saturated heterocycles. The number of aryl methyl sites for hydroxylation is 1. The van der Waals surface area contributed by atoms with E-state index in [0.717, 1.165) is 49.9 Å². The molecule has 0 bridgehead atoms. The minimum atomic E-state index is 0.795. The van der Waals surface area contributed by atoms with Crippen LogP contribution in [0.2, 0.25) is 0 Å². The molecular formula is C28H20N4S. The van der Waals surface area contributed by atoms with E-state index >= 15 is 0 Å². The van der Waals surface area contributed by atoms with Crippen molar-refractivity contribution in [1.29, 1.82) is 0 Å². The maximum atomic E-state index is 4.68. The Balaban J connectivity index is 1.62. The Morgan fingerprint density at radius 2 is 1.36 bits per heavy atom. The molecule has 2 aromatic heterocycles. The van der Waals surface area contributed by atoms with Crippen LogP contribution in [0, 0.1) is 6.92 Å². The molecule has 6 aromatic rings. The summed E-state index contributed by atoms with van der Waals surface area (Å²) in [7, 11) is 0. The predicted molar refractivity (Wildman–Crippen MR) is 136 cm³/mol. The maximum absolute atomic E-state index is 4.68. The van der Waals surface area contributed by atoms with E-state index in [9.17, 15) is 0 Å². The number of nitrogens with zero attached hydrogens (tertiary/aromatic N) is 4. The molecule has 0 amide bonds. The molecule has 0 radical (unpaired) electrons. The van der Waals surface area contributed by atoms with Crippen LogP contribution in [-0.2, 0) is 0 Å². The van der Waals surface area contributed by atoms with Gasteiger partial charge in [0.15, 0.2) is 5.82 Å². The maximum Gasteiger partial charge on any atom is 0.168 e. The van der Waals surface area contributed by atoms with Crippen molar-refractivity contribution in [3.63, 3.8) is 0 Å². The second-order valence-corrected chi connectivity index (χ2v) is 9.11. The summed E-state index contributed by atoms with van der Waals surface area (Å²) in [6.45, 7) is 2.04. The van der Waals surface area contributed by atoms with E-state index in [1.165, 1.54) is 4.70 Å². The topological polar surface area (TPSA) is 43.6 Å². The smallest absolute Gasteiger partial charge is 0.168 e. The van der Waals surface area contributed by atoms with Crippen LogP contribution in [0.25, 0.3) is 49.5 Å². The van der Waals surface area contributed by atoms with Crippen LogP contribution >= 0.6 is 11.3 Å². The van der Waals surface area contributed by atoms with Crippen molar-refractivity contribution >= 4 is 21.6 Å². The van der Waals surface area contributed by atoms with Crippen LogP contribution in [0.5, 0.6) is 0 Å². The SMILES string of the molecule is Cc1nc2cc(-c3nncn3-c3c(-c4ccccc4)cccc3-c3ccccc3)ccc2s1. The van der Waals surface area contributed by atoms with Crippen molar-refractivity contribution in [3.05, 3.63) is 108 Å². The van der Waals surface area contributed by atoms with Gasteiger partial charge in [-0.2, -0.15) is 0 Å². The summed E-state index contributed by atoms with van der Waals surface area (Å²) < 4.78 is 3.28. The van der Waals surface area contributed by atoms with Crippen LogP contribution in [0.1, 0.15) is 5.01 Å². The number of hydrogen-bond acceptors (Lipinski definition) is 4. The fraction of sp³-hybridized carbons (Fsp3) is 0.0357. The van der Waals surface area contributed by atoms with E-state index in [0.29, 0.717) is 0 Å². The molecule has 0 unspecified atom stereocenters. The second kappa shape index (κ2) is 8.11. The minimum Gasteiger partial charge on any atom is -0.280 e. The summed E-state index contributed by atoms with van der Waals surface area (Å²) in [5, 5.41) is 9.92. The third kappa shape index (κ3) is 3.52. The molecule has 4 aromatic carbocycles. The number of fused-ring (bicyclic) bond motifs is 1. The third-order valence-electron chi connectivity index (χ3n) is 5.75. The van der Waals surface area contributed by atoms with Crippen LogP contribution in [-0.4, -0.2) is 19.7 Å². The molecule has 158 valence electrons. The number of thiazole rings is 1. The first-order valence-corrected chi connectivity index (χ1v) is 11.6. The summed E-state index contributed by atoms with van der Waals surface area (Å²) in [5.41, 5.74) is 7.60. The fourth-order valence-corrected chi connectivity index (χ4v) is 5.09. The van der Waals surface area contributed by atoms with Gasteiger partial charge >= 0.3 is 0 Å². The molecule has 0 spiro atoms. The van der Waals surface area contributed by atoms with E-state index in [2.05, 4.69) is 105 Å². The van der Waals surface area contributed by atoms with Crippen molar-refractivity contribution in [2.24, 2.45) is 0 Å². The molecule has 2 heterocycles. The number of para-hydroxylation sites is 1. The Labute approximate surface area is 195 Å². The molecule has 0 atom stereocenters.